The third-order valence-corrected chi connectivity index (χ3v) is 5.68. The number of para-hydroxylation sites is 1. The first-order valence-corrected chi connectivity index (χ1v) is 10.7. The van der Waals surface area contributed by atoms with Gasteiger partial charge in [-0.2, -0.15) is 0 Å². The van der Waals surface area contributed by atoms with Crippen LogP contribution in [0.3, 0.4) is 0 Å². The molecule has 0 bridgehead atoms. The number of hydrogen-bond donors (Lipinski definition) is 3. The number of anilines is 2. The number of aromatic nitrogens is 3. The van der Waals surface area contributed by atoms with Crippen LogP contribution in [0.15, 0.2) is 58.5 Å². The Morgan fingerprint density at radius 3 is 2.44 bits per heavy atom. The lowest BCUT2D eigenvalue weighted by Crippen LogP contribution is -2.25. The third-order valence-electron chi connectivity index (χ3n) is 4.44. The number of rotatable bonds is 8. The predicted molar refractivity (Wildman–Crippen MR) is 124 cm³/mol. The zero-order valence-electron chi connectivity index (χ0n) is 17.8. The second-order valence-corrected chi connectivity index (χ2v) is 7.96. The van der Waals surface area contributed by atoms with E-state index in [9.17, 15) is 14.4 Å². The average Bonchev–Trinajstić information content (AvgIpc) is 2.78. The van der Waals surface area contributed by atoms with Gasteiger partial charge in [0.15, 0.2) is 10.9 Å². The van der Waals surface area contributed by atoms with Crippen LogP contribution in [0.4, 0.5) is 11.4 Å². The first-order chi connectivity index (χ1) is 15.4. The van der Waals surface area contributed by atoms with Gasteiger partial charge in [0.05, 0.1) is 18.0 Å². The number of aromatic amines is 1. The molecule has 3 aromatic rings. The first kappa shape index (κ1) is 23.0. The number of methoxy groups -OCH3 is 1. The van der Waals surface area contributed by atoms with Crippen LogP contribution < -0.4 is 20.9 Å². The lowest BCUT2D eigenvalue weighted by atomic mass is 10.1. The summed E-state index contributed by atoms with van der Waals surface area (Å²) in [6.45, 7) is 3.25. The van der Waals surface area contributed by atoms with E-state index in [0.717, 1.165) is 11.8 Å². The van der Waals surface area contributed by atoms with Crippen molar-refractivity contribution in [1.82, 2.24) is 15.2 Å². The topological polar surface area (TPSA) is 126 Å². The van der Waals surface area contributed by atoms with Gasteiger partial charge in [0.25, 0.3) is 5.56 Å². The summed E-state index contributed by atoms with van der Waals surface area (Å²) < 4.78 is 5.11. The number of H-pyrrole nitrogens is 1. The Morgan fingerprint density at radius 2 is 1.81 bits per heavy atom. The van der Waals surface area contributed by atoms with E-state index in [2.05, 4.69) is 25.8 Å². The highest BCUT2D eigenvalue weighted by Crippen LogP contribution is 2.26. The predicted octanol–water partition coefficient (Wildman–Crippen LogP) is 3.31. The van der Waals surface area contributed by atoms with E-state index in [0.29, 0.717) is 29.1 Å². The molecule has 3 N–H and O–H groups in total. The van der Waals surface area contributed by atoms with Gasteiger partial charge < -0.3 is 15.4 Å². The molecule has 166 valence electrons. The summed E-state index contributed by atoms with van der Waals surface area (Å²) in [7, 11) is 1.57. The highest BCUT2D eigenvalue weighted by molar-refractivity contribution is 8.00. The minimum absolute atomic E-state index is 0.0782. The Morgan fingerprint density at radius 1 is 1.09 bits per heavy atom. The van der Waals surface area contributed by atoms with Crippen molar-refractivity contribution in [2.75, 3.05) is 17.7 Å². The maximum atomic E-state index is 12.7. The maximum absolute atomic E-state index is 12.7. The molecule has 1 heterocycles. The number of carbonyl (C=O) groups excluding carboxylic acids is 2. The molecule has 3 rings (SSSR count). The minimum atomic E-state index is -0.487. The van der Waals surface area contributed by atoms with E-state index in [1.807, 2.05) is 6.92 Å². The largest absolute Gasteiger partial charge is 0.497 e. The number of thioether (sulfide) groups is 1. The van der Waals surface area contributed by atoms with Gasteiger partial charge in [-0.25, -0.2) is 0 Å². The fourth-order valence-corrected chi connectivity index (χ4v) is 3.74. The molecule has 0 radical (unpaired) electrons. The fraction of sp³-hybridized carbons (Fsp3) is 0.227. The van der Waals surface area contributed by atoms with Gasteiger partial charge >= 0.3 is 0 Å². The first-order valence-electron chi connectivity index (χ1n) is 9.86. The summed E-state index contributed by atoms with van der Waals surface area (Å²) in [4.78, 5) is 39.5. The summed E-state index contributed by atoms with van der Waals surface area (Å²) in [6, 6.07) is 13.8. The number of benzene rings is 2. The highest BCUT2D eigenvalue weighted by Gasteiger charge is 2.21. The third kappa shape index (κ3) is 5.73. The van der Waals surface area contributed by atoms with Gasteiger partial charge in [-0.05, 0) is 36.8 Å². The fourth-order valence-electron chi connectivity index (χ4n) is 2.89. The Balaban J connectivity index is 1.76. The van der Waals surface area contributed by atoms with Crippen molar-refractivity contribution in [1.29, 1.82) is 0 Å². The van der Waals surface area contributed by atoms with Gasteiger partial charge in [0.2, 0.25) is 11.8 Å². The average molecular weight is 454 g/mol. The molecular formula is C22H23N5O4S. The van der Waals surface area contributed by atoms with Crippen molar-refractivity contribution < 1.29 is 14.3 Å². The Bertz CT molecular complexity index is 1160. The molecule has 1 atom stereocenters. The zero-order chi connectivity index (χ0) is 23.1. The van der Waals surface area contributed by atoms with Crippen molar-refractivity contribution in [3.63, 3.8) is 0 Å². The molecule has 9 nitrogen and oxygen atoms in total. The van der Waals surface area contributed by atoms with Crippen LogP contribution in [0.2, 0.25) is 0 Å². The van der Waals surface area contributed by atoms with Gasteiger partial charge in [0.1, 0.15) is 5.75 Å². The lowest BCUT2D eigenvalue weighted by Gasteiger charge is -2.14. The number of nitrogens with one attached hydrogen (secondary N) is 3. The molecule has 1 aromatic heterocycles. The summed E-state index contributed by atoms with van der Waals surface area (Å²) in [5.74, 6) is 0.213. The Kier molecular flexibility index (Phi) is 7.61. The van der Waals surface area contributed by atoms with Crippen LogP contribution >= 0.6 is 11.8 Å². The molecular weight excluding hydrogens is 430 g/mol. The van der Waals surface area contributed by atoms with Gasteiger partial charge in [0, 0.05) is 18.2 Å². The van der Waals surface area contributed by atoms with Crippen LogP contribution in [-0.4, -0.2) is 39.4 Å². The van der Waals surface area contributed by atoms with E-state index in [1.54, 1.807) is 55.6 Å². The van der Waals surface area contributed by atoms with E-state index in [1.165, 1.54) is 6.92 Å². The van der Waals surface area contributed by atoms with Crippen molar-refractivity contribution >= 4 is 35.0 Å². The molecule has 0 aliphatic rings. The summed E-state index contributed by atoms with van der Waals surface area (Å²) in [5, 5.41) is 13.4. The molecule has 0 saturated heterocycles. The van der Waals surface area contributed by atoms with Crippen LogP contribution in [0.25, 0.3) is 11.3 Å². The number of hydrogen-bond acceptors (Lipinski definition) is 7. The van der Waals surface area contributed by atoms with Crippen LogP contribution in [0, 0.1) is 0 Å². The van der Waals surface area contributed by atoms with Gasteiger partial charge in [-0.1, -0.05) is 36.9 Å². The monoisotopic (exact) mass is 453 g/mol. The molecule has 0 aliphatic carbocycles. The molecule has 32 heavy (non-hydrogen) atoms. The smallest absolute Gasteiger partial charge is 0.278 e. The quantitative estimate of drug-likeness (QED) is 0.447. The Labute approximate surface area is 189 Å². The second kappa shape index (κ2) is 10.6. The molecule has 10 heteroatoms. The molecule has 0 spiro atoms. The zero-order valence-corrected chi connectivity index (χ0v) is 18.7. The van der Waals surface area contributed by atoms with E-state index < -0.39 is 10.8 Å². The second-order valence-electron chi connectivity index (χ2n) is 6.77. The van der Waals surface area contributed by atoms with E-state index in [-0.39, 0.29) is 22.7 Å². The number of amides is 2. The van der Waals surface area contributed by atoms with E-state index >= 15 is 0 Å². The maximum Gasteiger partial charge on any atom is 0.278 e. The molecule has 2 aromatic carbocycles. The van der Waals surface area contributed by atoms with Gasteiger partial charge in [-0.15, -0.1) is 10.2 Å². The lowest BCUT2D eigenvalue weighted by molar-refractivity contribution is -0.116. The minimum Gasteiger partial charge on any atom is -0.497 e. The molecule has 0 unspecified atom stereocenters. The summed E-state index contributed by atoms with van der Waals surface area (Å²) in [6.07, 6.45) is 0.517. The highest BCUT2D eigenvalue weighted by atomic mass is 32.2. The Hall–Kier alpha value is -3.66. The number of nitrogens with zero attached hydrogens (tertiary/aromatic N) is 2. The van der Waals surface area contributed by atoms with Crippen molar-refractivity contribution in [3.05, 3.63) is 58.9 Å². The SMILES string of the molecule is CC[C@H](Sc1nnc(-c2ccccc2NC(C)=O)c(=O)[nH]1)C(=O)Nc1ccc(OC)cc1. The van der Waals surface area contributed by atoms with Crippen LogP contribution in [0.5, 0.6) is 5.75 Å². The normalized spacial score (nSPS) is 11.5. The number of ether oxygens (including phenoxy) is 1. The van der Waals surface area contributed by atoms with E-state index in [4.69, 9.17) is 4.74 Å². The van der Waals surface area contributed by atoms with Gasteiger partial charge in [-0.3, -0.25) is 19.4 Å². The van der Waals surface area contributed by atoms with Crippen molar-refractivity contribution in [2.45, 2.75) is 30.7 Å². The molecule has 2 amide bonds. The summed E-state index contributed by atoms with van der Waals surface area (Å²) >= 11 is 1.12. The van der Waals surface area contributed by atoms with Crippen molar-refractivity contribution in [2.24, 2.45) is 0 Å². The number of carbonyl (C=O) groups is 2. The molecule has 0 fully saturated rings. The summed E-state index contributed by atoms with van der Waals surface area (Å²) in [5.41, 5.74) is 1.17. The standard InChI is InChI=1S/C22H23N5O4S/c1-4-18(20(29)24-14-9-11-15(31-3)12-10-14)32-22-25-21(30)19(26-27-22)16-7-5-6-8-17(16)23-13(2)28/h5-12,18H,4H2,1-3H3,(H,23,28)(H,24,29)(H,25,27,30)/t18-/m0/s1. The molecule has 0 aliphatic heterocycles. The van der Waals surface area contributed by atoms with Crippen LogP contribution in [0.1, 0.15) is 20.3 Å². The van der Waals surface area contributed by atoms with Crippen molar-refractivity contribution in [3.8, 4) is 17.0 Å². The van der Waals surface area contributed by atoms with Crippen LogP contribution in [-0.2, 0) is 9.59 Å². The molecule has 0 saturated carbocycles.